The monoisotopic (exact) mass is 221 g/mol. The molecule has 0 amide bonds. The highest BCUT2D eigenvalue weighted by Gasteiger charge is 2.12. The number of aryl methyl sites for hydroxylation is 2. The molecule has 0 aliphatic rings. The Bertz CT molecular complexity index is 411. The predicted octanol–water partition coefficient (Wildman–Crippen LogP) is 2.62. The van der Waals surface area contributed by atoms with Crippen molar-refractivity contribution in [3.8, 4) is 5.75 Å². The Balaban J connectivity index is 3.15. The Labute approximate surface area is 96.8 Å². The summed E-state index contributed by atoms with van der Waals surface area (Å²) in [7, 11) is 1.65. The lowest BCUT2D eigenvalue weighted by Crippen LogP contribution is -2.12. The molecule has 0 spiro atoms. The zero-order chi connectivity index (χ0) is 12.3. The van der Waals surface area contributed by atoms with E-state index < -0.39 is 0 Å². The van der Waals surface area contributed by atoms with Gasteiger partial charge in [-0.15, -0.1) is 0 Å². The summed E-state index contributed by atoms with van der Waals surface area (Å²) in [5, 5.41) is 3.13. The summed E-state index contributed by atoms with van der Waals surface area (Å²) in [6, 6.07) is 2.10. The van der Waals surface area contributed by atoms with Gasteiger partial charge in [0, 0.05) is 0 Å². The van der Waals surface area contributed by atoms with Crippen LogP contribution in [-0.4, -0.2) is 19.4 Å². The molecule has 0 unspecified atom stereocenters. The number of carbonyl (C=O) groups is 1. The first-order chi connectivity index (χ1) is 7.47. The van der Waals surface area contributed by atoms with E-state index in [1.807, 2.05) is 13.8 Å². The lowest BCUT2D eigenvalue weighted by atomic mass is 10.0. The maximum Gasteiger partial charge on any atom is 0.148 e. The van der Waals surface area contributed by atoms with E-state index in [-0.39, 0.29) is 5.78 Å². The number of ether oxygens (including phenoxy) is 1. The number of hydrogen-bond donors (Lipinski definition) is 1. The maximum atomic E-state index is 11.0. The van der Waals surface area contributed by atoms with Crippen molar-refractivity contribution in [2.24, 2.45) is 0 Å². The molecule has 1 N–H and O–H groups in total. The first-order valence-corrected chi connectivity index (χ1v) is 5.35. The summed E-state index contributed by atoms with van der Waals surface area (Å²) < 4.78 is 5.40. The van der Waals surface area contributed by atoms with Crippen LogP contribution < -0.4 is 10.1 Å². The molecule has 1 aromatic carbocycles. The van der Waals surface area contributed by atoms with Crippen LogP contribution in [0.15, 0.2) is 6.07 Å². The van der Waals surface area contributed by atoms with Crippen molar-refractivity contribution in [3.63, 3.8) is 0 Å². The van der Waals surface area contributed by atoms with Crippen LogP contribution in [-0.2, 0) is 4.79 Å². The number of rotatable bonds is 4. The second-order valence-corrected chi connectivity index (χ2v) is 4.10. The van der Waals surface area contributed by atoms with Gasteiger partial charge in [-0.3, -0.25) is 4.79 Å². The minimum Gasteiger partial charge on any atom is -0.494 e. The molecular formula is C13H19NO2. The van der Waals surface area contributed by atoms with Crippen LogP contribution in [0.2, 0.25) is 0 Å². The molecule has 3 nitrogen and oxygen atoms in total. The highest BCUT2D eigenvalue weighted by molar-refractivity contribution is 5.81. The first-order valence-electron chi connectivity index (χ1n) is 5.35. The quantitative estimate of drug-likeness (QED) is 0.849. The molecule has 3 heteroatoms. The summed E-state index contributed by atoms with van der Waals surface area (Å²) in [5.41, 5.74) is 4.32. The van der Waals surface area contributed by atoms with Crippen LogP contribution in [0.5, 0.6) is 5.75 Å². The fraction of sp³-hybridized carbons (Fsp3) is 0.462. The van der Waals surface area contributed by atoms with Crippen molar-refractivity contribution in [1.82, 2.24) is 0 Å². The number of nitrogens with one attached hydrogen (secondary N) is 1. The van der Waals surface area contributed by atoms with E-state index >= 15 is 0 Å². The molecular weight excluding hydrogens is 202 g/mol. The number of ketones is 1. The lowest BCUT2D eigenvalue weighted by Gasteiger charge is -2.17. The summed E-state index contributed by atoms with van der Waals surface area (Å²) >= 11 is 0. The van der Waals surface area contributed by atoms with Crippen molar-refractivity contribution in [2.75, 3.05) is 19.0 Å². The minimum atomic E-state index is 0.111. The molecule has 0 radical (unpaired) electrons. The molecule has 0 saturated carbocycles. The Hall–Kier alpha value is -1.51. The molecule has 1 rings (SSSR count). The number of benzene rings is 1. The van der Waals surface area contributed by atoms with E-state index in [4.69, 9.17) is 4.74 Å². The van der Waals surface area contributed by atoms with Crippen LogP contribution in [0.1, 0.15) is 23.6 Å². The summed E-state index contributed by atoms with van der Waals surface area (Å²) in [5.74, 6) is 0.943. The fourth-order valence-corrected chi connectivity index (χ4v) is 1.74. The minimum absolute atomic E-state index is 0.111. The van der Waals surface area contributed by atoms with Crippen LogP contribution in [0.3, 0.4) is 0 Å². The molecule has 0 aromatic heterocycles. The highest BCUT2D eigenvalue weighted by atomic mass is 16.5. The second kappa shape index (κ2) is 5.01. The molecule has 0 heterocycles. The zero-order valence-corrected chi connectivity index (χ0v) is 10.6. The number of methoxy groups -OCH3 is 1. The van der Waals surface area contributed by atoms with Crippen LogP contribution in [0, 0.1) is 20.8 Å². The van der Waals surface area contributed by atoms with Crippen LogP contribution in [0.25, 0.3) is 0 Å². The summed E-state index contributed by atoms with van der Waals surface area (Å²) in [6.07, 6.45) is 0. The lowest BCUT2D eigenvalue weighted by molar-refractivity contribution is -0.115. The first kappa shape index (κ1) is 12.6. The third-order valence-electron chi connectivity index (χ3n) is 2.70. The predicted molar refractivity (Wildman–Crippen MR) is 66.4 cm³/mol. The van der Waals surface area contributed by atoms with E-state index in [1.54, 1.807) is 14.0 Å². The van der Waals surface area contributed by atoms with Crippen LogP contribution >= 0.6 is 0 Å². The number of carbonyl (C=O) groups excluding carboxylic acids is 1. The third-order valence-corrected chi connectivity index (χ3v) is 2.70. The molecule has 0 bridgehead atoms. The van der Waals surface area contributed by atoms with Crippen molar-refractivity contribution < 1.29 is 9.53 Å². The topological polar surface area (TPSA) is 38.3 Å². The van der Waals surface area contributed by atoms with Gasteiger partial charge >= 0.3 is 0 Å². The maximum absolute atomic E-state index is 11.0. The molecule has 0 fully saturated rings. The highest BCUT2D eigenvalue weighted by Crippen LogP contribution is 2.33. The van der Waals surface area contributed by atoms with E-state index in [1.165, 1.54) is 5.56 Å². The summed E-state index contributed by atoms with van der Waals surface area (Å²) in [4.78, 5) is 11.0. The van der Waals surface area contributed by atoms with Gasteiger partial charge in [0.2, 0.25) is 0 Å². The van der Waals surface area contributed by atoms with E-state index in [0.29, 0.717) is 6.54 Å². The Morgan fingerprint density at radius 2 is 1.94 bits per heavy atom. The Kier molecular flexibility index (Phi) is 3.93. The molecule has 16 heavy (non-hydrogen) atoms. The van der Waals surface area contributed by atoms with E-state index in [2.05, 4.69) is 18.3 Å². The molecule has 0 aliphatic carbocycles. The molecule has 1 aromatic rings. The average molecular weight is 221 g/mol. The zero-order valence-electron chi connectivity index (χ0n) is 10.6. The van der Waals surface area contributed by atoms with Gasteiger partial charge in [0.25, 0.3) is 0 Å². The number of anilines is 1. The Morgan fingerprint density at radius 3 is 2.44 bits per heavy atom. The van der Waals surface area contributed by atoms with Crippen LogP contribution in [0.4, 0.5) is 5.69 Å². The summed E-state index contributed by atoms with van der Waals surface area (Å²) in [6.45, 7) is 7.99. The largest absolute Gasteiger partial charge is 0.494 e. The third kappa shape index (κ3) is 2.54. The van der Waals surface area contributed by atoms with Gasteiger partial charge in [0.05, 0.1) is 19.3 Å². The van der Waals surface area contributed by atoms with E-state index in [9.17, 15) is 4.79 Å². The fourth-order valence-electron chi connectivity index (χ4n) is 1.74. The van der Waals surface area contributed by atoms with Gasteiger partial charge in [-0.05, 0) is 44.4 Å². The van der Waals surface area contributed by atoms with Crippen molar-refractivity contribution >= 4 is 11.5 Å². The van der Waals surface area contributed by atoms with Gasteiger partial charge < -0.3 is 10.1 Å². The van der Waals surface area contributed by atoms with Gasteiger partial charge in [-0.2, -0.15) is 0 Å². The molecule has 0 aliphatic heterocycles. The van der Waals surface area contributed by atoms with Gasteiger partial charge in [0.15, 0.2) is 0 Å². The molecule has 88 valence electrons. The van der Waals surface area contributed by atoms with Crippen molar-refractivity contribution in [3.05, 3.63) is 22.8 Å². The SMILES string of the molecule is COc1c(C)c(C)cc(C)c1NCC(C)=O. The normalized spacial score (nSPS) is 10.1. The number of hydrogen-bond acceptors (Lipinski definition) is 3. The second-order valence-electron chi connectivity index (χ2n) is 4.10. The number of Topliss-reactive ketones (excluding diaryl/α,β-unsaturated/α-hetero) is 1. The molecule has 0 saturated heterocycles. The van der Waals surface area contributed by atoms with Gasteiger partial charge in [-0.1, -0.05) is 6.07 Å². The van der Waals surface area contributed by atoms with Gasteiger partial charge in [-0.25, -0.2) is 0 Å². The average Bonchev–Trinajstić information content (AvgIpc) is 2.21. The Morgan fingerprint density at radius 1 is 1.31 bits per heavy atom. The van der Waals surface area contributed by atoms with Gasteiger partial charge in [0.1, 0.15) is 11.5 Å². The van der Waals surface area contributed by atoms with E-state index in [0.717, 1.165) is 22.6 Å². The standard InChI is InChI=1S/C13H19NO2/c1-8-6-9(2)12(14-7-10(3)15)13(16-5)11(8)4/h6,14H,7H2,1-5H3. The van der Waals surface area contributed by atoms with Crippen molar-refractivity contribution in [2.45, 2.75) is 27.7 Å². The van der Waals surface area contributed by atoms with Crippen molar-refractivity contribution in [1.29, 1.82) is 0 Å². The molecule has 0 atom stereocenters. The smallest absolute Gasteiger partial charge is 0.148 e.